The van der Waals surface area contributed by atoms with Crippen LogP contribution in [0.1, 0.15) is 84.5 Å². The third kappa shape index (κ3) is 28.2. The zero-order valence-electron chi connectivity index (χ0n) is 26.6. The summed E-state index contributed by atoms with van der Waals surface area (Å²) < 4.78 is 26.2. The normalized spacial score (nSPS) is 15.1. The van der Waals surface area contributed by atoms with Gasteiger partial charge in [0.2, 0.25) is 5.91 Å². The fourth-order valence-corrected chi connectivity index (χ4v) is 4.09. The number of esters is 1. The van der Waals surface area contributed by atoms with Gasteiger partial charge in [0.25, 0.3) is 0 Å². The minimum atomic E-state index is -4.74. The summed E-state index contributed by atoms with van der Waals surface area (Å²) in [6, 6.07) is -1.55. The largest absolute Gasteiger partial charge is 0.480 e. The van der Waals surface area contributed by atoms with Crippen LogP contribution in [0, 0.1) is 0 Å². The number of carboxylic acid groups (broad SMARTS) is 1. The van der Waals surface area contributed by atoms with Crippen molar-refractivity contribution in [3.63, 3.8) is 0 Å². The number of hydrogen-bond acceptors (Lipinski definition) is 8. The lowest BCUT2D eigenvalue weighted by atomic mass is 10.2. The van der Waals surface area contributed by atoms with E-state index in [0.29, 0.717) is 12.8 Å². The number of hydrogen-bond donors (Lipinski definition) is 4. The molecule has 0 aliphatic heterocycles. The number of unbranched alkanes of at least 4 members (excludes halogenated alkanes) is 1. The van der Waals surface area contributed by atoms with E-state index in [-0.39, 0.29) is 12.8 Å². The average molecular weight is 654 g/mol. The van der Waals surface area contributed by atoms with Crippen LogP contribution in [0.3, 0.4) is 0 Å². The van der Waals surface area contributed by atoms with Crippen LogP contribution in [0.4, 0.5) is 0 Å². The van der Waals surface area contributed by atoms with Crippen LogP contribution in [0.2, 0.25) is 0 Å². The Morgan fingerprint density at radius 2 is 1.22 bits per heavy atom. The molecule has 0 aromatic carbocycles. The zero-order chi connectivity index (χ0) is 33.6. The third-order valence-corrected chi connectivity index (χ3v) is 6.72. The fourth-order valence-electron chi connectivity index (χ4n) is 3.31. The Morgan fingerprint density at radius 3 is 1.71 bits per heavy atom. The predicted octanol–water partition coefficient (Wildman–Crippen LogP) is 6.26. The van der Waals surface area contributed by atoms with Gasteiger partial charge in [-0.2, -0.15) is 0 Å². The summed E-state index contributed by atoms with van der Waals surface area (Å²) in [4.78, 5) is 44.6. The molecule has 0 rings (SSSR count). The molecule has 0 aliphatic rings. The van der Waals surface area contributed by atoms with Crippen LogP contribution in [0.25, 0.3) is 0 Å². The van der Waals surface area contributed by atoms with Crippen molar-refractivity contribution in [3.8, 4) is 0 Å². The number of aliphatic hydroxyl groups is 1. The molecule has 0 heterocycles. The molecule has 11 nitrogen and oxygen atoms in total. The second-order valence-corrected chi connectivity index (χ2v) is 11.4. The molecule has 0 radical (unpaired) electrons. The second kappa shape index (κ2) is 28.4. The molecule has 0 aromatic rings. The van der Waals surface area contributed by atoms with E-state index in [9.17, 15) is 34.1 Å². The molecule has 0 fully saturated rings. The van der Waals surface area contributed by atoms with E-state index in [1.165, 1.54) is 0 Å². The first-order valence-electron chi connectivity index (χ1n) is 15.5. The maximum absolute atomic E-state index is 12.0. The Kier molecular flexibility index (Phi) is 26.5. The quantitative estimate of drug-likeness (QED) is 0.0451. The number of amides is 1. The van der Waals surface area contributed by atoms with Crippen LogP contribution in [0.5, 0.6) is 0 Å². The topological polar surface area (TPSA) is 169 Å². The van der Waals surface area contributed by atoms with Gasteiger partial charge >= 0.3 is 19.8 Å². The first-order chi connectivity index (χ1) is 21.6. The minimum absolute atomic E-state index is 0.0951. The van der Waals surface area contributed by atoms with Crippen LogP contribution in [0.15, 0.2) is 72.9 Å². The number of phosphoric ester groups is 1. The number of aliphatic hydroxyl groups excluding tert-OH is 1. The Morgan fingerprint density at radius 1 is 0.733 bits per heavy atom. The highest BCUT2D eigenvalue weighted by atomic mass is 31.2. The molecular weight excluding hydrogens is 601 g/mol. The van der Waals surface area contributed by atoms with Crippen LogP contribution < -0.4 is 5.32 Å². The average Bonchev–Trinajstić information content (AvgIpc) is 3.01. The lowest BCUT2D eigenvalue weighted by molar-refractivity contribution is -0.147. The zero-order valence-corrected chi connectivity index (χ0v) is 27.5. The molecule has 1 amide bonds. The SMILES string of the molecule is CC/C=C\C/C=C\C/C=C\C/C=C\C/C=C\C/C=C\CCC(=O)OCC(O)COP(=O)(O)OCC(NC(=O)CCCC)C(=O)O. The van der Waals surface area contributed by atoms with Gasteiger partial charge in [-0.15, -0.1) is 0 Å². The van der Waals surface area contributed by atoms with Gasteiger partial charge in [-0.25, -0.2) is 9.36 Å². The van der Waals surface area contributed by atoms with E-state index in [4.69, 9.17) is 4.74 Å². The van der Waals surface area contributed by atoms with Gasteiger partial charge in [0.1, 0.15) is 12.7 Å². The van der Waals surface area contributed by atoms with Crippen molar-refractivity contribution in [3.05, 3.63) is 72.9 Å². The first-order valence-corrected chi connectivity index (χ1v) is 17.0. The Balaban J connectivity index is 4.02. The summed E-state index contributed by atoms with van der Waals surface area (Å²) in [6.07, 6.45) is 31.2. The first kappa shape index (κ1) is 41.9. The monoisotopic (exact) mass is 653 g/mol. The highest BCUT2D eigenvalue weighted by molar-refractivity contribution is 7.47. The Labute approximate surface area is 268 Å². The summed E-state index contributed by atoms with van der Waals surface area (Å²) in [6.45, 7) is 2.01. The predicted molar refractivity (Wildman–Crippen MR) is 175 cm³/mol. The number of rotatable bonds is 27. The summed E-state index contributed by atoms with van der Waals surface area (Å²) in [5, 5.41) is 21.3. The number of carboxylic acids is 1. The van der Waals surface area contributed by atoms with Crippen molar-refractivity contribution in [1.82, 2.24) is 5.32 Å². The molecule has 0 aliphatic carbocycles. The molecule has 3 unspecified atom stereocenters. The van der Waals surface area contributed by atoms with Crippen molar-refractivity contribution in [2.75, 3.05) is 19.8 Å². The van der Waals surface area contributed by atoms with Crippen LogP contribution in [-0.4, -0.2) is 64.9 Å². The number of carbonyl (C=O) groups is 3. The van der Waals surface area contributed by atoms with E-state index < -0.39 is 57.6 Å². The number of phosphoric acid groups is 1. The highest BCUT2D eigenvalue weighted by Gasteiger charge is 2.28. The third-order valence-electron chi connectivity index (χ3n) is 5.77. The summed E-state index contributed by atoms with van der Waals surface area (Å²) in [7, 11) is -4.74. The van der Waals surface area contributed by atoms with Gasteiger partial charge in [-0.05, 0) is 51.4 Å². The lowest BCUT2D eigenvalue weighted by Gasteiger charge is -2.18. The van der Waals surface area contributed by atoms with Gasteiger partial charge < -0.3 is 25.2 Å². The molecule has 12 heteroatoms. The molecule has 45 heavy (non-hydrogen) atoms. The van der Waals surface area contributed by atoms with Gasteiger partial charge in [-0.3, -0.25) is 18.6 Å². The Hall–Kier alpha value is -3.08. The second-order valence-electron chi connectivity index (χ2n) is 9.91. The van der Waals surface area contributed by atoms with Crippen LogP contribution >= 0.6 is 7.82 Å². The molecule has 0 spiro atoms. The van der Waals surface area contributed by atoms with E-state index in [1.807, 2.05) is 25.2 Å². The minimum Gasteiger partial charge on any atom is -0.480 e. The molecule has 0 saturated carbocycles. The smallest absolute Gasteiger partial charge is 0.472 e. The molecule has 254 valence electrons. The maximum Gasteiger partial charge on any atom is 0.472 e. The van der Waals surface area contributed by atoms with Crippen LogP contribution in [-0.2, 0) is 32.7 Å². The fraction of sp³-hybridized carbons (Fsp3) is 0.545. The summed E-state index contributed by atoms with van der Waals surface area (Å²) >= 11 is 0. The Bertz CT molecular complexity index is 1050. The number of carbonyl (C=O) groups excluding carboxylic acids is 2. The van der Waals surface area contributed by atoms with E-state index in [1.54, 1.807) is 0 Å². The molecule has 0 saturated heterocycles. The van der Waals surface area contributed by atoms with E-state index in [0.717, 1.165) is 44.9 Å². The van der Waals surface area contributed by atoms with Crippen molar-refractivity contribution < 1.29 is 47.8 Å². The van der Waals surface area contributed by atoms with Crippen molar-refractivity contribution in [2.45, 2.75) is 96.6 Å². The number of allylic oxidation sites excluding steroid dienone is 12. The van der Waals surface area contributed by atoms with Crippen molar-refractivity contribution in [2.24, 2.45) is 0 Å². The standard InChI is InChI=1S/C33H52NO10P/c1-3-5-7-8-9-10-11-12-13-14-15-16-17-18-19-20-21-22-23-25-32(37)42-26-29(35)27-43-45(40,41)44-28-30(33(38)39)34-31(36)24-6-4-2/h5,7,9-10,12-13,15-16,18-19,21-22,29-30,35H,3-4,6,8,11,14,17,20,23-28H2,1-2H3,(H,34,36)(H,38,39)(H,40,41)/b7-5-,10-9-,13-12-,16-15-,19-18-,22-21-. The number of nitrogens with one attached hydrogen (secondary N) is 1. The van der Waals surface area contributed by atoms with Gasteiger partial charge in [0.15, 0.2) is 6.04 Å². The molecule has 4 N–H and O–H groups in total. The summed E-state index contributed by atoms with van der Waals surface area (Å²) in [5.74, 6) is -2.53. The van der Waals surface area contributed by atoms with Gasteiger partial charge in [-0.1, -0.05) is 93.2 Å². The van der Waals surface area contributed by atoms with E-state index in [2.05, 4.69) is 76.0 Å². The molecular formula is C33H52NO10P. The van der Waals surface area contributed by atoms with Crippen molar-refractivity contribution >= 4 is 25.7 Å². The number of aliphatic carboxylic acids is 1. The lowest BCUT2D eigenvalue weighted by Crippen LogP contribution is -2.43. The molecule has 3 atom stereocenters. The van der Waals surface area contributed by atoms with Gasteiger partial charge in [0, 0.05) is 12.8 Å². The van der Waals surface area contributed by atoms with E-state index >= 15 is 0 Å². The molecule has 0 bridgehead atoms. The van der Waals surface area contributed by atoms with Crippen molar-refractivity contribution in [1.29, 1.82) is 0 Å². The maximum atomic E-state index is 12.0. The number of ether oxygens (including phenoxy) is 1. The molecule has 0 aromatic heterocycles. The summed E-state index contributed by atoms with van der Waals surface area (Å²) in [5.41, 5.74) is 0. The van der Waals surface area contributed by atoms with Gasteiger partial charge in [0.05, 0.1) is 13.2 Å². The highest BCUT2D eigenvalue weighted by Crippen LogP contribution is 2.43.